The van der Waals surface area contributed by atoms with Gasteiger partial charge in [-0.3, -0.25) is 0 Å². The van der Waals surface area contributed by atoms with Gasteiger partial charge in [0.25, 0.3) is 0 Å². The topological polar surface area (TPSA) is 26.0 Å². The monoisotopic (exact) mass is 287 g/mol. The summed E-state index contributed by atoms with van der Waals surface area (Å²) in [6.45, 7) is 8.42. The van der Waals surface area contributed by atoms with E-state index < -0.39 is 0 Å². The molecule has 0 saturated carbocycles. The molecule has 0 bridgehead atoms. The van der Waals surface area contributed by atoms with Crippen LogP contribution in [0.5, 0.6) is 0 Å². The van der Waals surface area contributed by atoms with Crippen LogP contribution in [0.2, 0.25) is 5.02 Å². The van der Waals surface area contributed by atoms with E-state index in [1.807, 2.05) is 6.07 Å². The fourth-order valence-corrected chi connectivity index (χ4v) is 2.74. The number of halogens is 1. The summed E-state index contributed by atoms with van der Waals surface area (Å²) in [5.74, 6) is 0. The van der Waals surface area contributed by atoms with Crippen molar-refractivity contribution >= 4 is 11.6 Å². The van der Waals surface area contributed by atoms with Crippen molar-refractivity contribution in [2.24, 2.45) is 5.73 Å². The van der Waals surface area contributed by atoms with Gasteiger partial charge in [0.05, 0.1) is 0 Å². The van der Waals surface area contributed by atoms with Gasteiger partial charge in [-0.1, -0.05) is 35.9 Å². The van der Waals surface area contributed by atoms with E-state index in [1.54, 1.807) is 0 Å². The number of aryl methyl sites for hydroxylation is 4. The highest BCUT2D eigenvalue weighted by atomic mass is 35.5. The van der Waals surface area contributed by atoms with Gasteiger partial charge >= 0.3 is 0 Å². The molecule has 106 valence electrons. The van der Waals surface area contributed by atoms with Crippen molar-refractivity contribution < 1.29 is 0 Å². The minimum absolute atomic E-state index is 0.0658. The van der Waals surface area contributed by atoms with Crippen molar-refractivity contribution in [1.29, 1.82) is 0 Å². The van der Waals surface area contributed by atoms with E-state index in [0.29, 0.717) is 0 Å². The number of hydrogen-bond donors (Lipinski definition) is 1. The third-order valence-electron chi connectivity index (χ3n) is 4.04. The molecule has 20 heavy (non-hydrogen) atoms. The Morgan fingerprint density at radius 3 is 2.15 bits per heavy atom. The average Bonchev–Trinajstić information content (AvgIpc) is 2.38. The second kappa shape index (κ2) is 5.99. The molecule has 1 nitrogen and oxygen atoms in total. The normalized spacial score (nSPS) is 12.5. The summed E-state index contributed by atoms with van der Waals surface area (Å²) >= 11 is 6.34. The molecular formula is C18H22ClN. The first kappa shape index (κ1) is 15.1. The van der Waals surface area contributed by atoms with Crippen LogP contribution in [0, 0.1) is 27.7 Å². The molecule has 0 aliphatic rings. The van der Waals surface area contributed by atoms with Gasteiger partial charge in [0, 0.05) is 11.1 Å². The van der Waals surface area contributed by atoms with Gasteiger partial charge in [0.1, 0.15) is 0 Å². The Labute approximate surface area is 126 Å². The molecule has 0 heterocycles. The van der Waals surface area contributed by atoms with Gasteiger partial charge in [0.2, 0.25) is 0 Å². The average molecular weight is 288 g/mol. The molecule has 0 aromatic heterocycles. The van der Waals surface area contributed by atoms with Gasteiger partial charge in [-0.15, -0.1) is 0 Å². The quantitative estimate of drug-likeness (QED) is 0.861. The predicted molar refractivity (Wildman–Crippen MR) is 87.5 cm³/mol. The minimum atomic E-state index is -0.0658. The Bertz CT molecular complexity index is 632. The lowest BCUT2D eigenvalue weighted by Gasteiger charge is -2.16. The van der Waals surface area contributed by atoms with Crippen LogP contribution >= 0.6 is 11.6 Å². The second-order valence-electron chi connectivity index (χ2n) is 5.69. The molecule has 2 heteroatoms. The first-order valence-electron chi connectivity index (χ1n) is 6.97. The van der Waals surface area contributed by atoms with Gasteiger partial charge in [-0.2, -0.15) is 0 Å². The van der Waals surface area contributed by atoms with Gasteiger partial charge in [-0.25, -0.2) is 0 Å². The Morgan fingerprint density at radius 1 is 0.900 bits per heavy atom. The third-order valence-corrected chi connectivity index (χ3v) is 4.37. The largest absolute Gasteiger partial charge is 0.324 e. The van der Waals surface area contributed by atoms with Crippen molar-refractivity contribution in [1.82, 2.24) is 0 Å². The zero-order chi connectivity index (χ0) is 14.9. The molecule has 2 rings (SSSR count). The molecule has 2 aromatic carbocycles. The number of nitrogens with two attached hydrogens (primary N) is 1. The van der Waals surface area contributed by atoms with Crippen LogP contribution < -0.4 is 5.73 Å². The summed E-state index contributed by atoms with van der Waals surface area (Å²) in [6.07, 6.45) is 0.809. The maximum atomic E-state index is 6.35. The maximum Gasteiger partial charge on any atom is 0.0456 e. The summed E-state index contributed by atoms with van der Waals surface area (Å²) < 4.78 is 0. The van der Waals surface area contributed by atoms with E-state index in [2.05, 4.69) is 52.0 Å². The lowest BCUT2D eigenvalue weighted by Crippen LogP contribution is -2.14. The lowest BCUT2D eigenvalue weighted by atomic mass is 9.95. The maximum absolute atomic E-state index is 6.35. The molecule has 0 aliphatic heterocycles. The van der Waals surface area contributed by atoms with E-state index in [9.17, 15) is 0 Å². The fraction of sp³-hybridized carbons (Fsp3) is 0.333. The summed E-state index contributed by atoms with van der Waals surface area (Å²) in [5, 5.41) is 0.768. The van der Waals surface area contributed by atoms with Gasteiger partial charge in [-0.05, 0) is 73.6 Å². The minimum Gasteiger partial charge on any atom is -0.324 e. The summed E-state index contributed by atoms with van der Waals surface area (Å²) in [7, 11) is 0. The molecule has 1 unspecified atom stereocenters. The van der Waals surface area contributed by atoms with Crippen LogP contribution in [0.15, 0.2) is 30.3 Å². The Morgan fingerprint density at radius 2 is 1.50 bits per heavy atom. The molecule has 0 radical (unpaired) electrons. The smallest absolute Gasteiger partial charge is 0.0456 e. The highest BCUT2D eigenvalue weighted by Crippen LogP contribution is 2.27. The first-order chi connectivity index (χ1) is 9.38. The molecule has 0 saturated heterocycles. The standard InChI is InChI=1S/C18H22ClN/c1-11-5-6-15(7-12(11)2)10-18(20)16-8-13(3)14(4)9-17(16)19/h5-9,18H,10,20H2,1-4H3. The summed E-state index contributed by atoms with van der Waals surface area (Å²) in [6, 6.07) is 10.6. The van der Waals surface area contributed by atoms with E-state index >= 15 is 0 Å². The number of benzene rings is 2. The predicted octanol–water partition coefficient (Wildman–Crippen LogP) is 4.82. The molecule has 1 atom stereocenters. The zero-order valence-corrected chi connectivity index (χ0v) is 13.4. The second-order valence-corrected chi connectivity index (χ2v) is 6.09. The number of hydrogen-bond acceptors (Lipinski definition) is 1. The molecule has 2 N–H and O–H groups in total. The highest BCUT2D eigenvalue weighted by Gasteiger charge is 2.13. The fourth-order valence-electron chi connectivity index (χ4n) is 2.38. The molecule has 0 fully saturated rings. The van der Waals surface area contributed by atoms with E-state index in [-0.39, 0.29) is 6.04 Å². The van der Waals surface area contributed by atoms with Crippen LogP contribution in [0.1, 0.15) is 39.4 Å². The van der Waals surface area contributed by atoms with Crippen LogP contribution in [0.25, 0.3) is 0 Å². The van der Waals surface area contributed by atoms with Crippen LogP contribution in [0.3, 0.4) is 0 Å². The molecule has 0 aliphatic carbocycles. The summed E-state index contributed by atoms with van der Waals surface area (Å²) in [4.78, 5) is 0. The van der Waals surface area contributed by atoms with Crippen molar-refractivity contribution in [2.45, 2.75) is 40.2 Å². The highest BCUT2D eigenvalue weighted by molar-refractivity contribution is 6.31. The van der Waals surface area contributed by atoms with E-state index in [4.69, 9.17) is 17.3 Å². The van der Waals surface area contributed by atoms with Crippen LogP contribution in [-0.4, -0.2) is 0 Å². The Balaban J connectivity index is 2.25. The third kappa shape index (κ3) is 3.23. The van der Waals surface area contributed by atoms with Crippen LogP contribution in [0.4, 0.5) is 0 Å². The molecule has 0 amide bonds. The van der Waals surface area contributed by atoms with Gasteiger partial charge < -0.3 is 5.73 Å². The zero-order valence-electron chi connectivity index (χ0n) is 12.6. The molecule has 0 spiro atoms. The van der Waals surface area contributed by atoms with Crippen molar-refractivity contribution in [3.63, 3.8) is 0 Å². The molecular weight excluding hydrogens is 266 g/mol. The van der Waals surface area contributed by atoms with Crippen molar-refractivity contribution in [2.75, 3.05) is 0 Å². The van der Waals surface area contributed by atoms with E-state index in [0.717, 1.165) is 17.0 Å². The Kier molecular flexibility index (Phi) is 4.52. The van der Waals surface area contributed by atoms with Gasteiger partial charge in [0.15, 0.2) is 0 Å². The summed E-state index contributed by atoms with van der Waals surface area (Å²) in [5.41, 5.74) is 13.7. The lowest BCUT2D eigenvalue weighted by molar-refractivity contribution is 0.720. The first-order valence-corrected chi connectivity index (χ1v) is 7.34. The van der Waals surface area contributed by atoms with Crippen LogP contribution in [-0.2, 0) is 6.42 Å². The van der Waals surface area contributed by atoms with Crippen molar-refractivity contribution in [3.05, 3.63) is 68.7 Å². The molecule has 2 aromatic rings. The van der Waals surface area contributed by atoms with E-state index in [1.165, 1.54) is 27.8 Å². The number of rotatable bonds is 3. The van der Waals surface area contributed by atoms with Crippen molar-refractivity contribution in [3.8, 4) is 0 Å². The Hall–Kier alpha value is -1.31. The SMILES string of the molecule is Cc1ccc(CC(N)c2cc(C)c(C)cc2Cl)cc1C.